The number of hydrogen-bond acceptors (Lipinski definition) is 7. The third-order valence-corrected chi connectivity index (χ3v) is 11.4. The van der Waals surface area contributed by atoms with Gasteiger partial charge in [0.15, 0.2) is 0 Å². The van der Waals surface area contributed by atoms with E-state index in [1.54, 1.807) is 33.2 Å². The number of methoxy groups -OCH3 is 1. The zero-order chi connectivity index (χ0) is 31.5. The highest BCUT2D eigenvalue weighted by atomic mass is 35.5. The molecule has 2 aliphatic heterocycles. The molecule has 1 N–H and O–H groups in total. The maximum Gasteiger partial charge on any atom is 0.264 e. The molecule has 1 fully saturated rings. The second kappa shape index (κ2) is 13.6. The SMILES string of the molecule is CN=C[C@]1(OC)/C=C/C[C@H](C)[C@@H](C)C(=O)NS(=O)(=O)c2ccc3c(c2)N(CCCCc2cc(Cl)ccc2CO3)C[C@@H]2CC[C@H]21. The molecule has 238 valence electrons. The van der Waals surface area contributed by atoms with Crippen LogP contribution in [-0.2, 0) is 32.6 Å². The summed E-state index contributed by atoms with van der Waals surface area (Å²) in [6.45, 7) is 5.49. The number of benzene rings is 2. The number of nitrogens with one attached hydrogen (secondary N) is 1. The number of hydrogen-bond donors (Lipinski definition) is 1. The van der Waals surface area contributed by atoms with E-state index < -0.39 is 27.4 Å². The van der Waals surface area contributed by atoms with E-state index in [0.717, 1.165) is 49.8 Å². The van der Waals surface area contributed by atoms with Gasteiger partial charge in [-0.1, -0.05) is 43.7 Å². The number of anilines is 1. The Balaban J connectivity index is 1.60. The number of fused-ring (bicyclic) bond motifs is 3. The van der Waals surface area contributed by atoms with Crippen LogP contribution in [0, 0.1) is 23.7 Å². The largest absolute Gasteiger partial charge is 0.487 e. The van der Waals surface area contributed by atoms with Gasteiger partial charge >= 0.3 is 0 Å². The number of carbonyl (C=O) groups is 1. The molecule has 8 nitrogen and oxygen atoms in total. The summed E-state index contributed by atoms with van der Waals surface area (Å²) in [7, 11) is -0.605. The summed E-state index contributed by atoms with van der Waals surface area (Å²) < 4.78 is 42.1. The average molecular weight is 642 g/mol. The van der Waals surface area contributed by atoms with Gasteiger partial charge in [-0.3, -0.25) is 9.79 Å². The van der Waals surface area contributed by atoms with Crippen LogP contribution in [0.15, 0.2) is 58.4 Å². The van der Waals surface area contributed by atoms with Crippen LogP contribution in [0.5, 0.6) is 5.75 Å². The molecule has 10 heteroatoms. The molecule has 2 bridgehead atoms. The summed E-state index contributed by atoms with van der Waals surface area (Å²) in [5.74, 6) is -0.0544. The minimum absolute atomic E-state index is 0.0432. The fourth-order valence-corrected chi connectivity index (χ4v) is 7.98. The summed E-state index contributed by atoms with van der Waals surface area (Å²) >= 11 is 6.33. The number of carbonyl (C=O) groups excluding carboxylic acids is 1. The van der Waals surface area contributed by atoms with Crippen LogP contribution in [0.2, 0.25) is 5.02 Å². The number of halogens is 1. The number of nitrogens with zero attached hydrogens (tertiary/aromatic N) is 2. The molecule has 1 saturated carbocycles. The van der Waals surface area contributed by atoms with Gasteiger partial charge in [0, 0.05) is 50.3 Å². The highest BCUT2D eigenvalue weighted by molar-refractivity contribution is 7.90. The zero-order valence-electron chi connectivity index (χ0n) is 26.1. The van der Waals surface area contributed by atoms with Gasteiger partial charge in [0.05, 0.1) is 10.6 Å². The number of amides is 1. The maximum absolute atomic E-state index is 13.5. The standard InChI is InChI=1S/C34H44ClN3O5S/c1-23-8-7-16-34(42-4,22-36-3)30-14-11-26(30)20-38-17-6-5-9-25-18-28(35)12-10-27(25)21-43-32-15-13-29(19-31(32)38)44(40,41)37-33(39)24(23)2/h7,10,12-13,15-16,18-19,22-24,26,30H,5-6,8-9,11,14,17,20-21H2,1-4H3,(H,37,39)/b16-7+,36-22?/t23-,24+,26-,30+,34+/m0/s1. The van der Waals surface area contributed by atoms with E-state index in [1.807, 2.05) is 31.3 Å². The van der Waals surface area contributed by atoms with Crippen molar-refractivity contribution < 1.29 is 22.7 Å². The van der Waals surface area contributed by atoms with Crippen molar-refractivity contribution in [1.29, 1.82) is 0 Å². The van der Waals surface area contributed by atoms with E-state index in [0.29, 0.717) is 36.0 Å². The van der Waals surface area contributed by atoms with Gasteiger partial charge < -0.3 is 14.4 Å². The summed E-state index contributed by atoms with van der Waals surface area (Å²) in [4.78, 5) is 19.9. The Hall–Kier alpha value is -2.88. The Labute approximate surface area is 266 Å². The number of sulfonamides is 1. The summed E-state index contributed by atoms with van der Waals surface area (Å²) in [5, 5.41) is 0.701. The lowest BCUT2D eigenvalue weighted by Crippen LogP contribution is -2.52. The van der Waals surface area contributed by atoms with E-state index in [1.165, 1.54) is 6.07 Å². The molecule has 2 heterocycles. The van der Waals surface area contributed by atoms with Crippen molar-refractivity contribution in [3.63, 3.8) is 0 Å². The van der Waals surface area contributed by atoms with Gasteiger partial charge in [-0.25, -0.2) is 13.1 Å². The molecule has 0 radical (unpaired) electrons. The quantitative estimate of drug-likeness (QED) is 0.309. The van der Waals surface area contributed by atoms with Crippen LogP contribution in [0.25, 0.3) is 0 Å². The number of rotatable bonds is 2. The molecule has 1 aliphatic carbocycles. The van der Waals surface area contributed by atoms with Crippen molar-refractivity contribution in [3.05, 3.63) is 64.7 Å². The van der Waals surface area contributed by atoms with Gasteiger partial charge in [0.1, 0.15) is 18.0 Å². The average Bonchev–Trinajstić information content (AvgIpc) is 3.01. The smallest absolute Gasteiger partial charge is 0.264 e. The Morgan fingerprint density at radius 3 is 2.68 bits per heavy atom. The van der Waals surface area contributed by atoms with Crippen LogP contribution >= 0.6 is 11.6 Å². The Morgan fingerprint density at radius 1 is 1.14 bits per heavy atom. The van der Waals surface area contributed by atoms with E-state index in [9.17, 15) is 13.2 Å². The maximum atomic E-state index is 13.5. The highest BCUT2D eigenvalue weighted by Gasteiger charge is 2.46. The fourth-order valence-electron chi connectivity index (χ4n) is 6.70. The van der Waals surface area contributed by atoms with Gasteiger partial charge in [-0.05, 0) is 91.8 Å². The van der Waals surface area contributed by atoms with Crippen molar-refractivity contribution in [2.75, 3.05) is 32.1 Å². The van der Waals surface area contributed by atoms with E-state index in [-0.39, 0.29) is 22.6 Å². The summed E-state index contributed by atoms with van der Waals surface area (Å²) in [6.07, 6.45) is 11.4. The zero-order valence-corrected chi connectivity index (χ0v) is 27.7. The Morgan fingerprint density at radius 2 is 1.95 bits per heavy atom. The molecule has 0 aromatic heterocycles. The monoisotopic (exact) mass is 641 g/mol. The van der Waals surface area contributed by atoms with Crippen LogP contribution in [-0.4, -0.2) is 53.4 Å². The predicted molar refractivity (Wildman–Crippen MR) is 175 cm³/mol. The number of aryl methyl sites for hydroxylation is 1. The first kappa shape index (κ1) is 32.5. The van der Waals surface area contributed by atoms with Gasteiger partial charge in [0.25, 0.3) is 10.0 Å². The minimum atomic E-state index is -4.11. The summed E-state index contributed by atoms with van der Waals surface area (Å²) in [6, 6.07) is 10.8. The van der Waals surface area contributed by atoms with Gasteiger partial charge in [-0.15, -0.1) is 0 Å². The molecule has 0 saturated heterocycles. The molecule has 2 aromatic rings. The van der Waals surface area contributed by atoms with Gasteiger partial charge in [0.2, 0.25) is 5.91 Å². The summed E-state index contributed by atoms with van der Waals surface area (Å²) in [5.41, 5.74) is 2.27. The van der Waals surface area contributed by atoms with Crippen molar-refractivity contribution in [2.45, 2.75) is 69.5 Å². The van der Waals surface area contributed by atoms with Crippen LogP contribution < -0.4 is 14.4 Å². The second-order valence-corrected chi connectivity index (χ2v) is 14.6. The number of aliphatic imine (C=N–C) groups is 1. The van der Waals surface area contributed by atoms with E-state index >= 15 is 0 Å². The highest BCUT2D eigenvalue weighted by Crippen LogP contribution is 2.46. The normalized spacial score (nSPS) is 30.1. The first-order valence-electron chi connectivity index (χ1n) is 15.6. The lowest BCUT2D eigenvalue weighted by molar-refractivity contribution is -0.124. The second-order valence-electron chi connectivity index (χ2n) is 12.5. The van der Waals surface area contributed by atoms with Crippen molar-refractivity contribution >= 4 is 39.4 Å². The lowest BCUT2D eigenvalue weighted by atomic mass is 9.64. The van der Waals surface area contributed by atoms with Crippen molar-refractivity contribution in [3.8, 4) is 5.75 Å². The molecule has 5 atom stereocenters. The molecule has 44 heavy (non-hydrogen) atoms. The molecule has 1 amide bonds. The number of ether oxygens (including phenoxy) is 2. The van der Waals surface area contributed by atoms with Crippen LogP contribution in [0.1, 0.15) is 57.1 Å². The number of allylic oxidation sites excluding steroid dienone is 1. The van der Waals surface area contributed by atoms with E-state index in [2.05, 4.69) is 26.8 Å². The Kier molecular flexibility index (Phi) is 10.1. The molecule has 3 aliphatic rings. The molecular weight excluding hydrogens is 598 g/mol. The van der Waals surface area contributed by atoms with Crippen LogP contribution in [0.3, 0.4) is 0 Å². The third-order valence-electron chi connectivity index (χ3n) is 9.78. The van der Waals surface area contributed by atoms with E-state index in [4.69, 9.17) is 21.1 Å². The molecular formula is C34H44ClN3O5S. The Bertz CT molecular complexity index is 1530. The predicted octanol–water partition coefficient (Wildman–Crippen LogP) is 6.21. The van der Waals surface area contributed by atoms with Gasteiger partial charge in [-0.2, -0.15) is 0 Å². The lowest BCUT2D eigenvalue weighted by Gasteiger charge is -2.48. The third kappa shape index (κ3) is 6.85. The molecule has 0 unspecified atom stereocenters. The topological polar surface area (TPSA) is 97.3 Å². The first-order valence-corrected chi connectivity index (χ1v) is 17.4. The van der Waals surface area contributed by atoms with Crippen molar-refractivity contribution in [2.24, 2.45) is 28.7 Å². The van der Waals surface area contributed by atoms with Crippen LogP contribution in [0.4, 0.5) is 5.69 Å². The molecule has 2 aromatic carbocycles. The minimum Gasteiger partial charge on any atom is -0.487 e. The fraction of sp³-hybridized carbons (Fsp3) is 0.529. The molecule has 5 rings (SSSR count). The van der Waals surface area contributed by atoms with Crippen molar-refractivity contribution in [1.82, 2.24) is 4.72 Å². The first-order chi connectivity index (χ1) is 21.1. The molecule has 0 spiro atoms.